The summed E-state index contributed by atoms with van der Waals surface area (Å²) in [5, 5.41) is 2.86. The molecule has 0 aliphatic rings. The first-order valence-corrected chi connectivity index (χ1v) is 7.06. The maximum atomic E-state index is 12.0. The molecule has 1 rings (SSSR count). The van der Waals surface area contributed by atoms with E-state index in [1.165, 1.54) is 0 Å². The second kappa shape index (κ2) is 7.58. The largest absolute Gasteiger partial charge is 0.493 e. The number of terminal acetylenes is 1. The summed E-state index contributed by atoms with van der Waals surface area (Å²) in [6, 6.07) is 5.55. The molecule has 0 aliphatic heterocycles. The van der Waals surface area contributed by atoms with Gasteiger partial charge in [0.1, 0.15) is 5.54 Å². The highest BCUT2D eigenvalue weighted by Gasteiger charge is 2.25. The zero-order valence-corrected chi connectivity index (χ0v) is 13.2. The molecule has 0 fully saturated rings. The molecule has 0 saturated carbocycles. The molecule has 1 aromatic rings. The third kappa shape index (κ3) is 4.42. The van der Waals surface area contributed by atoms with Crippen molar-refractivity contribution in [2.24, 2.45) is 0 Å². The monoisotopic (exact) mass is 289 g/mol. The Morgan fingerprint density at radius 3 is 2.52 bits per heavy atom. The standard InChI is InChI=1S/C17H23NO3/c1-6-17(7-2,8-3)18-16(19)12-21-14-10-9-13(4)11-15(14)20-5/h1,9-11H,7-8,12H2,2-5H3,(H,18,19). The maximum Gasteiger partial charge on any atom is 0.259 e. The van der Waals surface area contributed by atoms with Crippen molar-refractivity contribution in [2.75, 3.05) is 13.7 Å². The van der Waals surface area contributed by atoms with Crippen molar-refractivity contribution in [3.63, 3.8) is 0 Å². The first kappa shape index (κ1) is 16.9. The summed E-state index contributed by atoms with van der Waals surface area (Å²) >= 11 is 0. The van der Waals surface area contributed by atoms with Crippen molar-refractivity contribution in [2.45, 2.75) is 39.2 Å². The molecule has 0 heterocycles. The molecular weight excluding hydrogens is 266 g/mol. The van der Waals surface area contributed by atoms with E-state index in [4.69, 9.17) is 15.9 Å². The van der Waals surface area contributed by atoms with Crippen molar-refractivity contribution in [1.82, 2.24) is 5.32 Å². The molecule has 21 heavy (non-hydrogen) atoms. The average Bonchev–Trinajstić information content (AvgIpc) is 2.51. The van der Waals surface area contributed by atoms with E-state index in [0.29, 0.717) is 24.3 Å². The third-order valence-corrected chi connectivity index (χ3v) is 3.54. The number of carbonyl (C=O) groups is 1. The van der Waals surface area contributed by atoms with Gasteiger partial charge in [0.2, 0.25) is 0 Å². The normalized spacial score (nSPS) is 10.6. The van der Waals surface area contributed by atoms with Crippen LogP contribution in [-0.2, 0) is 4.79 Å². The number of hydrogen-bond acceptors (Lipinski definition) is 3. The van der Waals surface area contributed by atoms with Gasteiger partial charge in [0.25, 0.3) is 5.91 Å². The van der Waals surface area contributed by atoms with Crippen LogP contribution in [0, 0.1) is 19.3 Å². The smallest absolute Gasteiger partial charge is 0.259 e. The van der Waals surface area contributed by atoms with Gasteiger partial charge in [-0.05, 0) is 37.5 Å². The number of nitrogens with one attached hydrogen (secondary N) is 1. The first-order valence-electron chi connectivity index (χ1n) is 7.06. The zero-order valence-electron chi connectivity index (χ0n) is 13.2. The summed E-state index contributed by atoms with van der Waals surface area (Å²) in [6.45, 7) is 5.77. The molecule has 0 unspecified atom stereocenters. The molecule has 0 saturated heterocycles. The van der Waals surface area contributed by atoms with Gasteiger partial charge in [-0.3, -0.25) is 4.79 Å². The number of amides is 1. The van der Waals surface area contributed by atoms with E-state index in [-0.39, 0.29) is 12.5 Å². The highest BCUT2D eigenvalue weighted by Crippen LogP contribution is 2.27. The minimum Gasteiger partial charge on any atom is -0.493 e. The van der Waals surface area contributed by atoms with E-state index < -0.39 is 5.54 Å². The van der Waals surface area contributed by atoms with Crippen molar-refractivity contribution in [3.8, 4) is 23.8 Å². The minimum atomic E-state index is -0.599. The summed E-state index contributed by atoms with van der Waals surface area (Å²) < 4.78 is 10.8. The van der Waals surface area contributed by atoms with Gasteiger partial charge >= 0.3 is 0 Å². The van der Waals surface area contributed by atoms with Gasteiger partial charge in [-0.25, -0.2) is 0 Å². The van der Waals surface area contributed by atoms with Crippen LogP contribution in [0.5, 0.6) is 11.5 Å². The minimum absolute atomic E-state index is 0.0944. The molecule has 1 aromatic carbocycles. The fourth-order valence-electron chi connectivity index (χ4n) is 2.01. The topological polar surface area (TPSA) is 47.6 Å². The number of ether oxygens (including phenoxy) is 2. The molecule has 0 aromatic heterocycles. The van der Waals surface area contributed by atoms with E-state index in [1.54, 1.807) is 13.2 Å². The molecule has 0 bridgehead atoms. The zero-order chi connectivity index (χ0) is 15.9. The lowest BCUT2D eigenvalue weighted by Crippen LogP contribution is -2.48. The van der Waals surface area contributed by atoms with E-state index in [9.17, 15) is 4.79 Å². The number of hydrogen-bond donors (Lipinski definition) is 1. The van der Waals surface area contributed by atoms with Crippen LogP contribution in [0.25, 0.3) is 0 Å². The van der Waals surface area contributed by atoms with E-state index in [0.717, 1.165) is 5.56 Å². The Bertz CT molecular complexity index is 527. The molecule has 114 valence electrons. The molecule has 4 nitrogen and oxygen atoms in total. The molecule has 1 amide bonds. The number of rotatable bonds is 7. The SMILES string of the molecule is C#CC(CC)(CC)NC(=O)COc1ccc(C)cc1OC. The molecule has 0 atom stereocenters. The summed E-state index contributed by atoms with van der Waals surface area (Å²) in [5.74, 6) is 3.57. The molecule has 0 radical (unpaired) electrons. The predicted octanol–water partition coefficient (Wildman–Crippen LogP) is 2.69. The Morgan fingerprint density at radius 1 is 1.33 bits per heavy atom. The molecule has 4 heteroatoms. The quantitative estimate of drug-likeness (QED) is 0.785. The molecule has 0 spiro atoms. The van der Waals surface area contributed by atoms with Crippen LogP contribution < -0.4 is 14.8 Å². The fraction of sp³-hybridized carbons (Fsp3) is 0.471. The second-order valence-corrected chi connectivity index (χ2v) is 4.92. The third-order valence-electron chi connectivity index (χ3n) is 3.54. The number of methoxy groups -OCH3 is 1. The summed E-state index contributed by atoms with van der Waals surface area (Å²) in [6.07, 6.45) is 6.88. The lowest BCUT2D eigenvalue weighted by atomic mass is 9.94. The lowest BCUT2D eigenvalue weighted by Gasteiger charge is -2.27. The second-order valence-electron chi connectivity index (χ2n) is 4.92. The summed E-state index contributed by atoms with van der Waals surface area (Å²) in [5.41, 5.74) is 0.463. The van der Waals surface area contributed by atoms with E-state index in [1.807, 2.05) is 32.9 Å². The Hall–Kier alpha value is -2.15. The van der Waals surface area contributed by atoms with Gasteiger partial charge in [-0.1, -0.05) is 25.8 Å². The van der Waals surface area contributed by atoms with Crippen LogP contribution >= 0.6 is 0 Å². The highest BCUT2D eigenvalue weighted by molar-refractivity contribution is 5.79. The summed E-state index contributed by atoms with van der Waals surface area (Å²) in [4.78, 5) is 12.0. The Balaban J connectivity index is 2.68. The Morgan fingerprint density at radius 2 is 2.00 bits per heavy atom. The van der Waals surface area contributed by atoms with Crippen LogP contribution in [-0.4, -0.2) is 25.2 Å². The van der Waals surface area contributed by atoms with Crippen molar-refractivity contribution in [1.29, 1.82) is 0 Å². The Labute approximate surface area is 126 Å². The first-order chi connectivity index (χ1) is 10.00. The lowest BCUT2D eigenvalue weighted by molar-refractivity contribution is -0.124. The maximum absolute atomic E-state index is 12.0. The van der Waals surface area contributed by atoms with Crippen LogP contribution in [0.2, 0.25) is 0 Å². The van der Waals surface area contributed by atoms with Crippen molar-refractivity contribution >= 4 is 5.91 Å². The summed E-state index contributed by atoms with van der Waals surface area (Å²) in [7, 11) is 1.57. The molecule has 0 aliphatic carbocycles. The van der Waals surface area contributed by atoms with Crippen molar-refractivity contribution in [3.05, 3.63) is 23.8 Å². The average molecular weight is 289 g/mol. The highest BCUT2D eigenvalue weighted by atomic mass is 16.5. The predicted molar refractivity (Wildman–Crippen MR) is 83.5 cm³/mol. The molecule has 1 N–H and O–H groups in total. The van der Waals surface area contributed by atoms with E-state index >= 15 is 0 Å². The van der Waals surface area contributed by atoms with Crippen LogP contribution in [0.3, 0.4) is 0 Å². The number of benzene rings is 1. The number of aryl methyl sites for hydroxylation is 1. The Kier molecular flexibility index (Phi) is 6.10. The van der Waals surface area contributed by atoms with Crippen LogP contribution in [0.4, 0.5) is 0 Å². The molecular formula is C17H23NO3. The van der Waals surface area contributed by atoms with E-state index in [2.05, 4.69) is 11.2 Å². The van der Waals surface area contributed by atoms with Gasteiger partial charge in [0.15, 0.2) is 18.1 Å². The van der Waals surface area contributed by atoms with Crippen LogP contribution in [0.15, 0.2) is 18.2 Å². The number of carbonyl (C=O) groups excluding carboxylic acids is 1. The van der Waals surface area contributed by atoms with Crippen LogP contribution in [0.1, 0.15) is 32.3 Å². The van der Waals surface area contributed by atoms with Gasteiger partial charge < -0.3 is 14.8 Å². The van der Waals surface area contributed by atoms with Gasteiger partial charge in [0, 0.05) is 0 Å². The van der Waals surface area contributed by atoms with Crippen molar-refractivity contribution < 1.29 is 14.3 Å². The van der Waals surface area contributed by atoms with Gasteiger partial charge in [-0.2, -0.15) is 0 Å². The van der Waals surface area contributed by atoms with Gasteiger partial charge in [0.05, 0.1) is 7.11 Å². The van der Waals surface area contributed by atoms with Gasteiger partial charge in [-0.15, -0.1) is 6.42 Å². The fourth-order valence-corrected chi connectivity index (χ4v) is 2.01.